The molecule has 0 amide bonds. The number of benzene rings is 1. The fourth-order valence-electron chi connectivity index (χ4n) is 1.86. The van der Waals surface area contributed by atoms with Gasteiger partial charge in [0.2, 0.25) is 0 Å². The average molecular weight is 356 g/mol. The minimum atomic E-state index is -4.38. The summed E-state index contributed by atoms with van der Waals surface area (Å²) in [5, 5.41) is 0. The Bertz CT molecular complexity index is 750. The van der Waals surface area contributed by atoms with Gasteiger partial charge >= 0.3 is 12.1 Å². The predicted octanol–water partition coefficient (Wildman–Crippen LogP) is 4.44. The molecule has 0 aliphatic carbocycles. The fraction of sp³-hybridized carbons (Fsp3) is 0.250. The Morgan fingerprint density at radius 2 is 1.88 bits per heavy atom. The van der Waals surface area contributed by atoms with E-state index in [0.717, 1.165) is 23.5 Å². The molecule has 0 spiro atoms. The lowest BCUT2D eigenvalue weighted by Crippen LogP contribution is -2.07. The maximum atomic E-state index is 12.6. The van der Waals surface area contributed by atoms with Gasteiger partial charge in [0.15, 0.2) is 0 Å². The Labute approximate surface area is 141 Å². The number of aliphatic imine (C=N–C) groups is 1. The Hall–Kier alpha value is -2.35. The van der Waals surface area contributed by atoms with Crippen LogP contribution in [0, 0.1) is 0 Å². The minimum absolute atomic E-state index is 0.297. The van der Waals surface area contributed by atoms with Gasteiger partial charge in [0.05, 0.1) is 24.7 Å². The highest BCUT2D eigenvalue weighted by molar-refractivity contribution is 7.18. The predicted molar refractivity (Wildman–Crippen MR) is 87.9 cm³/mol. The maximum absolute atomic E-state index is 12.6. The summed E-state index contributed by atoms with van der Waals surface area (Å²) in [6.07, 6.45) is -2.85. The van der Waals surface area contributed by atoms with Gasteiger partial charge in [0.1, 0.15) is 4.88 Å². The molecule has 0 bridgehead atoms. The van der Waals surface area contributed by atoms with Crippen molar-refractivity contribution in [1.29, 1.82) is 0 Å². The molecule has 0 unspecified atom stereocenters. The number of esters is 1. The number of alkyl halides is 3. The number of carbonyl (C=O) groups is 1. The molecule has 1 aromatic heterocycles. The standard InChI is InChI=1S/C16H15F3N2O2S/c1-21(2)9-20-12-8-13(24-14(12)15(22)23-3)10-4-6-11(7-5-10)16(17,18)19/h4-9H,1-3H3. The van der Waals surface area contributed by atoms with E-state index in [-0.39, 0.29) is 0 Å². The van der Waals surface area contributed by atoms with Crippen LogP contribution in [0.1, 0.15) is 15.2 Å². The van der Waals surface area contributed by atoms with Crippen LogP contribution in [0.3, 0.4) is 0 Å². The van der Waals surface area contributed by atoms with Gasteiger partial charge in [0.25, 0.3) is 0 Å². The molecule has 8 heteroatoms. The zero-order valence-electron chi connectivity index (χ0n) is 13.2. The number of carbonyl (C=O) groups excluding carboxylic acids is 1. The highest BCUT2D eigenvalue weighted by Crippen LogP contribution is 2.38. The second-order valence-electron chi connectivity index (χ2n) is 5.10. The van der Waals surface area contributed by atoms with Crippen LogP contribution in [0.4, 0.5) is 18.9 Å². The number of halogens is 3. The molecule has 0 aliphatic heterocycles. The number of hydrogen-bond donors (Lipinski definition) is 0. The number of methoxy groups -OCH3 is 1. The van der Waals surface area contributed by atoms with Crippen molar-refractivity contribution in [3.8, 4) is 10.4 Å². The van der Waals surface area contributed by atoms with Crippen molar-refractivity contribution in [1.82, 2.24) is 4.90 Å². The molecule has 0 aliphatic rings. The van der Waals surface area contributed by atoms with Gasteiger partial charge in [-0.3, -0.25) is 0 Å². The Kier molecular flexibility index (Phi) is 5.28. The molecule has 0 atom stereocenters. The van der Waals surface area contributed by atoms with E-state index in [0.29, 0.717) is 21.0 Å². The van der Waals surface area contributed by atoms with Crippen LogP contribution in [0.5, 0.6) is 0 Å². The molecule has 4 nitrogen and oxygen atoms in total. The van der Waals surface area contributed by atoms with E-state index in [4.69, 9.17) is 4.74 Å². The zero-order valence-corrected chi connectivity index (χ0v) is 14.0. The van der Waals surface area contributed by atoms with E-state index < -0.39 is 17.7 Å². The summed E-state index contributed by atoms with van der Waals surface area (Å²) < 4.78 is 42.6. The summed E-state index contributed by atoms with van der Waals surface area (Å²) in [6, 6.07) is 6.41. The van der Waals surface area contributed by atoms with Crippen molar-refractivity contribution in [2.24, 2.45) is 4.99 Å². The molecule has 128 valence electrons. The van der Waals surface area contributed by atoms with E-state index in [9.17, 15) is 18.0 Å². The average Bonchev–Trinajstić information content (AvgIpc) is 2.95. The molecule has 24 heavy (non-hydrogen) atoms. The molecule has 0 saturated heterocycles. The largest absolute Gasteiger partial charge is 0.465 e. The molecule has 0 N–H and O–H groups in total. The first-order chi connectivity index (χ1) is 11.2. The van der Waals surface area contributed by atoms with Crippen LogP contribution < -0.4 is 0 Å². The maximum Gasteiger partial charge on any atom is 0.416 e. The molecule has 1 aromatic carbocycles. The van der Waals surface area contributed by atoms with Crippen LogP contribution in [-0.2, 0) is 10.9 Å². The summed E-state index contributed by atoms with van der Waals surface area (Å²) in [4.78, 5) is 18.7. The van der Waals surface area contributed by atoms with E-state index in [1.165, 1.54) is 25.6 Å². The van der Waals surface area contributed by atoms with Gasteiger partial charge in [-0.2, -0.15) is 13.2 Å². The highest BCUT2D eigenvalue weighted by Gasteiger charge is 2.30. The molecular weight excluding hydrogens is 341 g/mol. The topological polar surface area (TPSA) is 41.9 Å². The SMILES string of the molecule is COC(=O)c1sc(-c2ccc(C(F)(F)F)cc2)cc1N=CN(C)C. The minimum Gasteiger partial charge on any atom is -0.465 e. The van der Waals surface area contributed by atoms with Crippen LogP contribution in [-0.4, -0.2) is 38.4 Å². The van der Waals surface area contributed by atoms with Crippen molar-refractivity contribution in [3.63, 3.8) is 0 Å². The first kappa shape index (κ1) is 18.0. The van der Waals surface area contributed by atoms with E-state index in [1.54, 1.807) is 25.1 Å². The second-order valence-corrected chi connectivity index (χ2v) is 6.15. The van der Waals surface area contributed by atoms with Gasteiger partial charge < -0.3 is 9.64 Å². The molecule has 1 heterocycles. The molecule has 2 rings (SSSR count). The Morgan fingerprint density at radius 3 is 2.38 bits per heavy atom. The third kappa shape index (κ3) is 4.14. The Morgan fingerprint density at radius 1 is 1.25 bits per heavy atom. The third-order valence-corrected chi connectivity index (χ3v) is 4.16. The summed E-state index contributed by atoms with van der Waals surface area (Å²) in [6.45, 7) is 0. The van der Waals surface area contributed by atoms with Crippen molar-refractivity contribution in [2.45, 2.75) is 6.18 Å². The van der Waals surface area contributed by atoms with Crippen molar-refractivity contribution in [3.05, 3.63) is 40.8 Å². The smallest absolute Gasteiger partial charge is 0.416 e. The van der Waals surface area contributed by atoms with Crippen molar-refractivity contribution >= 4 is 29.3 Å². The van der Waals surface area contributed by atoms with Gasteiger partial charge in [0, 0.05) is 19.0 Å². The lowest BCUT2D eigenvalue weighted by molar-refractivity contribution is -0.137. The molecule has 0 radical (unpaired) electrons. The number of ether oxygens (including phenoxy) is 1. The van der Waals surface area contributed by atoms with Crippen molar-refractivity contribution in [2.75, 3.05) is 21.2 Å². The fourth-order valence-corrected chi connectivity index (χ4v) is 2.89. The first-order valence-electron chi connectivity index (χ1n) is 6.82. The van der Waals surface area contributed by atoms with Gasteiger partial charge in [-0.1, -0.05) is 12.1 Å². The zero-order chi connectivity index (χ0) is 17.9. The Balaban J connectivity index is 2.42. The number of nitrogens with zero attached hydrogens (tertiary/aromatic N) is 2. The van der Waals surface area contributed by atoms with E-state index in [2.05, 4.69) is 4.99 Å². The van der Waals surface area contributed by atoms with Crippen LogP contribution >= 0.6 is 11.3 Å². The number of rotatable bonds is 4. The lowest BCUT2D eigenvalue weighted by atomic mass is 10.1. The molecule has 0 saturated carbocycles. The quantitative estimate of drug-likeness (QED) is 0.462. The number of hydrogen-bond acceptors (Lipinski definition) is 4. The molecular formula is C16H15F3N2O2S. The first-order valence-corrected chi connectivity index (χ1v) is 7.64. The lowest BCUT2D eigenvalue weighted by Gasteiger charge is -2.06. The molecule has 0 fully saturated rings. The summed E-state index contributed by atoms with van der Waals surface area (Å²) in [7, 11) is 4.83. The van der Waals surface area contributed by atoms with Gasteiger partial charge in [-0.15, -0.1) is 11.3 Å². The number of thiophene rings is 1. The van der Waals surface area contributed by atoms with Crippen LogP contribution in [0.25, 0.3) is 10.4 Å². The van der Waals surface area contributed by atoms with E-state index in [1.807, 2.05) is 0 Å². The normalized spacial score (nSPS) is 11.8. The summed E-state index contributed by atoms with van der Waals surface area (Å²) in [5.41, 5.74) is 0.266. The van der Waals surface area contributed by atoms with Crippen LogP contribution in [0.15, 0.2) is 35.3 Å². The second kappa shape index (κ2) is 7.04. The summed E-state index contributed by atoms with van der Waals surface area (Å²) >= 11 is 1.12. The van der Waals surface area contributed by atoms with E-state index >= 15 is 0 Å². The summed E-state index contributed by atoms with van der Waals surface area (Å²) in [5.74, 6) is -0.538. The van der Waals surface area contributed by atoms with Crippen LogP contribution in [0.2, 0.25) is 0 Å². The van der Waals surface area contributed by atoms with Gasteiger partial charge in [-0.05, 0) is 23.8 Å². The monoisotopic (exact) mass is 356 g/mol. The highest BCUT2D eigenvalue weighted by atomic mass is 32.1. The third-order valence-electron chi connectivity index (χ3n) is 3.01. The van der Waals surface area contributed by atoms with Crippen molar-refractivity contribution < 1.29 is 22.7 Å². The molecule has 2 aromatic rings. The van der Waals surface area contributed by atoms with Gasteiger partial charge in [-0.25, -0.2) is 9.79 Å².